The van der Waals surface area contributed by atoms with E-state index in [1.807, 2.05) is 30.3 Å². The Bertz CT molecular complexity index is 794. The quantitative estimate of drug-likeness (QED) is 0.586. The van der Waals surface area contributed by atoms with E-state index >= 15 is 0 Å². The number of hydrazone groups is 1. The van der Waals surface area contributed by atoms with Crippen molar-refractivity contribution in [2.75, 3.05) is 5.32 Å². The molecule has 2 aromatic rings. The van der Waals surface area contributed by atoms with E-state index in [4.69, 9.17) is 0 Å². The smallest absolute Gasteiger partial charge is 0.271 e. The van der Waals surface area contributed by atoms with Gasteiger partial charge in [0.25, 0.3) is 5.91 Å². The molecular weight excluding hydrogens is 326 g/mol. The zero-order valence-electron chi connectivity index (χ0n) is 14.9. The fourth-order valence-electron chi connectivity index (χ4n) is 2.61. The van der Waals surface area contributed by atoms with Crippen LogP contribution in [0.3, 0.4) is 0 Å². The predicted molar refractivity (Wildman–Crippen MR) is 103 cm³/mol. The maximum atomic E-state index is 12.3. The van der Waals surface area contributed by atoms with Crippen LogP contribution in [0, 0.1) is 5.92 Å². The van der Waals surface area contributed by atoms with E-state index < -0.39 is 0 Å². The van der Waals surface area contributed by atoms with Crippen LogP contribution in [0.1, 0.15) is 48.5 Å². The van der Waals surface area contributed by atoms with Crippen molar-refractivity contribution in [1.29, 1.82) is 0 Å². The molecule has 1 aliphatic rings. The highest BCUT2D eigenvalue weighted by atomic mass is 16.2. The molecule has 2 aromatic carbocycles. The van der Waals surface area contributed by atoms with Gasteiger partial charge in [-0.3, -0.25) is 9.59 Å². The van der Waals surface area contributed by atoms with Gasteiger partial charge < -0.3 is 5.32 Å². The minimum atomic E-state index is -0.269. The minimum Gasteiger partial charge on any atom is -0.326 e. The van der Waals surface area contributed by atoms with Crippen LogP contribution in [0.5, 0.6) is 0 Å². The molecule has 0 radical (unpaired) electrons. The zero-order chi connectivity index (χ0) is 18.4. The van der Waals surface area contributed by atoms with E-state index in [1.165, 1.54) is 0 Å². The predicted octanol–water partition coefficient (Wildman–Crippen LogP) is 3.97. The molecule has 2 amide bonds. The molecule has 0 spiro atoms. The van der Waals surface area contributed by atoms with Crippen molar-refractivity contribution < 1.29 is 9.59 Å². The molecule has 0 unspecified atom stereocenters. The highest BCUT2D eigenvalue weighted by Gasteiger charge is 2.29. The number of nitrogens with one attached hydrogen (secondary N) is 2. The fraction of sp³-hybridized carbons (Fsp3) is 0.286. The van der Waals surface area contributed by atoms with Crippen LogP contribution in [-0.2, 0) is 4.79 Å². The summed E-state index contributed by atoms with van der Waals surface area (Å²) in [5.41, 5.74) is 5.70. The van der Waals surface area contributed by atoms with Crippen molar-refractivity contribution in [3.05, 3.63) is 65.7 Å². The third kappa shape index (κ3) is 4.79. The van der Waals surface area contributed by atoms with Gasteiger partial charge in [0.15, 0.2) is 0 Å². The van der Waals surface area contributed by atoms with Crippen molar-refractivity contribution in [2.45, 2.75) is 32.6 Å². The lowest BCUT2D eigenvalue weighted by molar-refractivity contribution is -0.117. The topological polar surface area (TPSA) is 70.6 Å². The first-order valence-corrected chi connectivity index (χ1v) is 9.00. The standard InChI is InChI=1S/C21H23N3O2/c1-2-6-19(15-7-4-3-5-8-15)23-24-21(26)17-11-13-18(14-12-17)22-20(25)16-9-10-16/h3-5,7-8,11-14,16H,2,6,9-10H2,1H3,(H,22,25)(H,24,26)/b23-19+. The molecule has 3 rings (SSSR count). The van der Waals surface area contributed by atoms with Gasteiger partial charge in [-0.05, 0) is 49.1 Å². The monoisotopic (exact) mass is 349 g/mol. The summed E-state index contributed by atoms with van der Waals surface area (Å²) in [6, 6.07) is 16.7. The van der Waals surface area contributed by atoms with Gasteiger partial charge in [0, 0.05) is 17.2 Å². The van der Waals surface area contributed by atoms with Gasteiger partial charge in [-0.2, -0.15) is 5.10 Å². The lowest BCUT2D eigenvalue weighted by Crippen LogP contribution is -2.20. The third-order valence-corrected chi connectivity index (χ3v) is 4.25. The molecule has 1 fully saturated rings. The molecule has 0 saturated heterocycles. The molecule has 1 aliphatic carbocycles. The van der Waals surface area contributed by atoms with E-state index in [0.29, 0.717) is 11.3 Å². The van der Waals surface area contributed by atoms with E-state index in [9.17, 15) is 9.59 Å². The molecule has 0 bridgehead atoms. The molecule has 2 N–H and O–H groups in total. The summed E-state index contributed by atoms with van der Waals surface area (Å²) in [6.45, 7) is 2.08. The van der Waals surface area contributed by atoms with Crippen LogP contribution in [0.25, 0.3) is 0 Å². The molecule has 0 heterocycles. The molecule has 26 heavy (non-hydrogen) atoms. The van der Waals surface area contributed by atoms with E-state index in [-0.39, 0.29) is 17.7 Å². The Morgan fingerprint density at radius 1 is 1.00 bits per heavy atom. The average molecular weight is 349 g/mol. The third-order valence-electron chi connectivity index (χ3n) is 4.25. The first-order valence-electron chi connectivity index (χ1n) is 9.00. The normalized spacial score (nSPS) is 14.0. The highest BCUT2D eigenvalue weighted by molar-refractivity contribution is 6.02. The van der Waals surface area contributed by atoms with Crippen LogP contribution in [0.4, 0.5) is 5.69 Å². The molecule has 0 aliphatic heterocycles. The number of carbonyl (C=O) groups excluding carboxylic acids is 2. The summed E-state index contributed by atoms with van der Waals surface area (Å²) in [5.74, 6) is -0.0595. The number of amides is 2. The first kappa shape index (κ1) is 17.9. The largest absolute Gasteiger partial charge is 0.326 e. The number of benzene rings is 2. The van der Waals surface area contributed by atoms with Crippen LogP contribution >= 0.6 is 0 Å². The second-order valence-corrected chi connectivity index (χ2v) is 6.46. The van der Waals surface area contributed by atoms with Crippen LogP contribution < -0.4 is 10.7 Å². The van der Waals surface area contributed by atoms with Crippen molar-refractivity contribution in [3.8, 4) is 0 Å². The van der Waals surface area contributed by atoms with Crippen LogP contribution in [0.2, 0.25) is 0 Å². The summed E-state index contributed by atoms with van der Waals surface area (Å²) < 4.78 is 0. The van der Waals surface area contributed by atoms with Crippen molar-refractivity contribution >= 4 is 23.2 Å². The fourth-order valence-corrected chi connectivity index (χ4v) is 2.61. The summed E-state index contributed by atoms with van der Waals surface area (Å²) >= 11 is 0. The number of carbonyl (C=O) groups is 2. The summed E-state index contributed by atoms with van der Waals surface area (Å²) in [4.78, 5) is 24.1. The molecule has 0 atom stereocenters. The Morgan fingerprint density at radius 2 is 1.69 bits per heavy atom. The average Bonchev–Trinajstić information content (AvgIpc) is 3.51. The van der Waals surface area contributed by atoms with Crippen molar-refractivity contribution in [3.63, 3.8) is 0 Å². The number of nitrogens with zero attached hydrogens (tertiary/aromatic N) is 1. The number of hydrogen-bond acceptors (Lipinski definition) is 3. The molecule has 0 aromatic heterocycles. The zero-order valence-corrected chi connectivity index (χ0v) is 14.9. The highest BCUT2D eigenvalue weighted by Crippen LogP contribution is 2.30. The minimum absolute atomic E-state index is 0.0545. The lowest BCUT2D eigenvalue weighted by atomic mass is 10.1. The Morgan fingerprint density at radius 3 is 2.31 bits per heavy atom. The van der Waals surface area contributed by atoms with E-state index in [1.54, 1.807) is 24.3 Å². The van der Waals surface area contributed by atoms with Gasteiger partial charge in [0.05, 0.1) is 5.71 Å². The van der Waals surface area contributed by atoms with Gasteiger partial charge in [-0.1, -0.05) is 43.7 Å². The molecule has 1 saturated carbocycles. The second-order valence-electron chi connectivity index (χ2n) is 6.46. The molecular formula is C21H23N3O2. The number of anilines is 1. The van der Waals surface area contributed by atoms with Gasteiger partial charge in [-0.15, -0.1) is 0 Å². The van der Waals surface area contributed by atoms with Gasteiger partial charge >= 0.3 is 0 Å². The SMILES string of the molecule is CCC/C(=N\NC(=O)c1ccc(NC(=O)C2CC2)cc1)c1ccccc1. The molecule has 5 heteroatoms. The Hall–Kier alpha value is -2.95. The maximum Gasteiger partial charge on any atom is 0.271 e. The Kier molecular flexibility index (Phi) is 5.79. The molecule has 134 valence electrons. The molecule has 5 nitrogen and oxygen atoms in total. The van der Waals surface area contributed by atoms with Crippen LogP contribution in [0.15, 0.2) is 59.7 Å². The van der Waals surface area contributed by atoms with Crippen molar-refractivity contribution in [2.24, 2.45) is 11.0 Å². The summed E-state index contributed by atoms with van der Waals surface area (Å²) in [7, 11) is 0. The van der Waals surface area contributed by atoms with Crippen LogP contribution in [-0.4, -0.2) is 17.5 Å². The maximum absolute atomic E-state index is 12.3. The van der Waals surface area contributed by atoms with Gasteiger partial charge in [0.2, 0.25) is 5.91 Å². The van der Waals surface area contributed by atoms with E-state index in [0.717, 1.165) is 37.0 Å². The van der Waals surface area contributed by atoms with E-state index in [2.05, 4.69) is 22.8 Å². The Balaban J connectivity index is 1.63. The second kappa shape index (κ2) is 8.43. The summed E-state index contributed by atoms with van der Waals surface area (Å²) in [5, 5.41) is 7.17. The van der Waals surface area contributed by atoms with Gasteiger partial charge in [0.1, 0.15) is 0 Å². The Labute approximate surface area is 153 Å². The number of rotatable bonds is 7. The summed E-state index contributed by atoms with van der Waals surface area (Å²) in [6.07, 6.45) is 3.66. The van der Waals surface area contributed by atoms with Crippen molar-refractivity contribution in [1.82, 2.24) is 5.43 Å². The first-order chi connectivity index (χ1) is 12.7. The number of hydrogen-bond donors (Lipinski definition) is 2. The van der Waals surface area contributed by atoms with Gasteiger partial charge in [-0.25, -0.2) is 5.43 Å². The lowest BCUT2D eigenvalue weighted by Gasteiger charge is -2.07.